The van der Waals surface area contributed by atoms with Gasteiger partial charge in [0.2, 0.25) is 5.92 Å². The van der Waals surface area contributed by atoms with Crippen molar-refractivity contribution in [2.45, 2.75) is 19.3 Å². The van der Waals surface area contributed by atoms with E-state index in [1.165, 1.54) is 6.92 Å². The van der Waals surface area contributed by atoms with E-state index in [9.17, 15) is 31.1 Å². The molecule has 1 rings (SSSR count). The molecule has 0 bridgehead atoms. The van der Waals surface area contributed by atoms with Gasteiger partial charge < -0.3 is 0 Å². The molecule has 0 amide bonds. The van der Waals surface area contributed by atoms with Gasteiger partial charge >= 0.3 is 12.4 Å². The minimum Gasteiger partial charge on any atom is -0.292 e. The topological polar surface area (TPSA) is 17.1 Å². The van der Waals surface area contributed by atoms with Gasteiger partial charge in [-0.05, 0) is 28.9 Å². The summed E-state index contributed by atoms with van der Waals surface area (Å²) < 4.78 is 74.2. The fourth-order valence-electron chi connectivity index (χ4n) is 1.21. The molecule has 0 aromatic carbocycles. The molecule has 0 aliphatic rings. The zero-order chi connectivity index (χ0) is 14.3. The molecule has 0 fully saturated rings. The van der Waals surface area contributed by atoms with E-state index in [1.54, 1.807) is 0 Å². The maximum atomic E-state index is 12.3. The lowest BCUT2D eigenvalue weighted by Crippen LogP contribution is -2.42. The zero-order valence-electron chi connectivity index (χ0n) is 8.62. The second-order valence-corrected chi connectivity index (χ2v) is 5.51. The molecule has 1 nitrogen and oxygen atoms in total. The lowest BCUT2D eigenvalue weighted by molar-refractivity contribution is -0.264. The summed E-state index contributed by atoms with van der Waals surface area (Å²) in [4.78, 5) is 11.2. The number of Topliss-reactive ketones (excluding diaryl/α,β-unsaturated/α-hetero) is 1. The molecule has 1 aromatic heterocycles. The monoisotopic (exact) mass is 354 g/mol. The van der Waals surface area contributed by atoms with Gasteiger partial charge in [-0.2, -0.15) is 26.3 Å². The summed E-state index contributed by atoms with van der Waals surface area (Å²) in [6.07, 6.45) is -11.3. The Labute approximate surface area is 110 Å². The first kappa shape index (κ1) is 15.5. The molecule has 0 aliphatic carbocycles. The van der Waals surface area contributed by atoms with Gasteiger partial charge in [-0.15, -0.1) is 11.3 Å². The molecule has 1 heterocycles. The fourth-order valence-corrected chi connectivity index (χ4v) is 2.71. The molecule has 0 atom stereocenters. The maximum absolute atomic E-state index is 12.3. The van der Waals surface area contributed by atoms with Crippen LogP contribution in [0.5, 0.6) is 0 Å². The van der Waals surface area contributed by atoms with Crippen LogP contribution >= 0.6 is 27.3 Å². The molecule has 1 aromatic rings. The minimum absolute atomic E-state index is 0.305. The number of rotatable bonds is 2. The van der Waals surface area contributed by atoms with Crippen molar-refractivity contribution in [3.63, 3.8) is 0 Å². The van der Waals surface area contributed by atoms with Gasteiger partial charge in [0.05, 0.1) is 4.88 Å². The van der Waals surface area contributed by atoms with E-state index in [4.69, 9.17) is 0 Å². The van der Waals surface area contributed by atoms with Crippen LogP contribution in [0.15, 0.2) is 10.5 Å². The van der Waals surface area contributed by atoms with Crippen molar-refractivity contribution >= 4 is 33.0 Å². The summed E-state index contributed by atoms with van der Waals surface area (Å²) in [7, 11) is 0. The molecule has 0 aliphatic heterocycles. The minimum atomic E-state index is -5.65. The molecule has 0 saturated carbocycles. The summed E-state index contributed by atoms with van der Waals surface area (Å²) in [5, 5.41) is 0. The predicted molar refractivity (Wildman–Crippen MR) is 56.7 cm³/mol. The third-order valence-corrected chi connectivity index (χ3v) is 4.17. The Hall–Kier alpha value is -0.570. The Morgan fingerprint density at radius 3 is 1.94 bits per heavy atom. The van der Waals surface area contributed by atoms with E-state index in [0.29, 0.717) is 20.7 Å². The summed E-state index contributed by atoms with van der Waals surface area (Å²) in [5.74, 6) is -5.95. The first-order chi connectivity index (χ1) is 7.94. The predicted octanol–water partition coefficient (Wildman–Crippen LogP) is 4.74. The van der Waals surface area contributed by atoms with Crippen LogP contribution in [-0.4, -0.2) is 18.1 Å². The number of aryl methyl sites for hydroxylation is 1. The average molecular weight is 355 g/mol. The normalized spacial score (nSPS) is 13.2. The van der Waals surface area contributed by atoms with Crippen LogP contribution in [0.4, 0.5) is 26.3 Å². The van der Waals surface area contributed by atoms with Crippen LogP contribution in [0.1, 0.15) is 14.5 Å². The summed E-state index contributed by atoms with van der Waals surface area (Å²) in [6, 6.07) is 0.965. The molecule has 0 unspecified atom stereocenters. The Morgan fingerprint density at radius 2 is 1.67 bits per heavy atom. The third kappa shape index (κ3) is 3.25. The molecular weight excluding hydrogens is 350 g/mol. The van der Waals surface area contributed by atoms with Crippen LogP contribution < -0.4 is 0 Å². The van der Waals surface area contributed by atoms with Crippen LogP contribution in [0.2, 0.25) is 0 Å². The van der Waals surface area contributed by atoms with Gasteiger partial charge in [0, 0.05) is 9.35 Å². The number of carbonyl (C=O) groups is 1. The van der Waals surface area contributed by atoms with Crippen molar-refractivity contribution in [3.05, 3.63) is 20.3 Å². The van der Waals surface area contributed by atoms with Crippen molar-refractivity contribution in [2.24, 2.45) is 5.92 Å². The smallest absolute Gasteiger partial charge is 0.292 e. The molecule has 0 N–H and O–H groups in total. The number of hydrogen-bond donors (Lipinski definition) is 0. The van der Waals surface area contributed by atoms with E-state index in [2.05, 4.69) is 15.9 Å². The van der Waals surface area contributed by atoms with E-state index in [0.717, 1.165) is 6.07 Å². The summed E-state index contributed by atoms with van der Waals surface area (Å²) in [6.45, 7) is 1.47. The molecule has 0 saturated heterocycles. The van der Waals surface area contributed by atoms with E-state index >= 15 is 0 Å². The van der Waals surface area contributed by atoms with Crippen molar-refractivity contribution in [3.8, 4) is 0 Å². The van der Waals surface area contributed by atoms with Gasteiger partial charge in [0.1, 0.15) is 0 Å². The number of hydrogen-bond acceptors (Lipinski definition) is 2. The van der Waals surface area contributed by atoms with Gasteiger partial charge in [-0.1, -0.05) is 0 Å². The van der Waals surface area contributed by atoms with Crippen molar-refractivity contribution in [1.82, 2.24) is 0 Å². The lowest BCUT2D eigenvalue weighted by atomic mass is 10.0. The summed E-state index contributed by atoms with van der Waals surface area (Å²) in [5.41, 5.74) is 0. The Morgan fingerprint density at radius 1 is 1.22 bits per heavy atom. The first-order valence-corrected chi connectivity index (χ1v) is 5.99. The zero-order valence-corrected chi connectivity index (χ0v) is 11.0. The van der Waals surface area contributed by atoms with E-state index in [1.807, 2.05) is 0 Å². The molecule has 18 heavy (non-hydrogen) atoms. The van der Waals surface area contributed by atoms with Crippen molar-refractivity contribution in [1.29, 1.82) is 0 Å². The average Bonchev–Trinajstić information content (AvgIpc) is 2.41. The number of alkyl halides is 6. The third-order valence-electron chi connectivity index (χ3n) is 2.02. The van der Waals surface area contributed by atoms with Crippen LogP contribution in [0.3, 0.4) is 0 Å². The molecule has 102 valence electrons. The quantitative estimate of drug-likeness (QED) is 0.553. The van der Waals surface area contributed by atoms with Crippen LogP contribution in [0, 0.1) is 12.8 Å². The highest BCUT2D eigenvalue weighted by molar-refractivity contribution is 9.10. The molecular formula is C9H5BrF6OS. The van der Waals surface area contributed by atoms with Crippen LogP contribution in [-0.2, 0) is 0 Å². The second-order valence-electron chi connectivity index (χ2n) is 3.40. The van der Waals surface area contributed by atoms with E-state index < -0.39 is 28.9 Å². The summed E-state index contributed by atoms with van der Waals surface area (Å²) >= 11 is 3.52. The first-order valence-electron chi connectivity index (χ1n) is 4.38. The van der Waals surface area contributed by atoms with Gasteiger partial charge in [0.25, 0.3) is 0 Å². The fraction of sp³-hybridized carbons (Fsp3) is 0.444. The van der Waals surface area contributed by atoms with E-state index in [-0.39, 0.29) is 0 Å². The van der Waals surface area contributed by atoms with Gasteiger partial charge in [0.15, 0.2) is 5.78 Å². The molecule has 0 radical (unpaired) electrons. The Kier molecular flexibility index (Phi) is 4.16. The Balaban J connectivity index is 3.20. The van der Waals surface area contributed by atoms with Crippen LogP contribution in [0.25, 0.3) is 0 Å². The van der Waals surface area contributed by atoms with Gasteiger partial charge in [-0.3, -0.25) is 4.79 Å². The number of thiophene rings is 1. The highest BCUT2D eigenvalue weighted by Crippen LogP contribution is 2.42. The number of halogens is 7. The standard InChI is InChI=1S/C9H5BrF6OS/c1-3-4(10)2-5(18-3)6(17)7(8(11,12)13)9(14,15)16/h2,7H,1H3. The van der Waals surface area contributed by atoms with Gasteiger partial charge in [-0.25, -0.2) is 0 Å². The lowest BCUT2D eigenvalue weighted by Gasteiger charge is -2.20. The van der Waals surface area contributed by atoms with Crippen molar-refractivity contribution < 1.29 is 31.1 Å². The largest absolute Gasteiger partial charge is 0.407 e. The SMILES string of the molecule is Cc1sc(C(=O)C(C(F)(F)F)C(F)(F)F)cc1Br. The Bertz CT molecular complexity index is 427. The highest BCUT2D eigenvalue weighted by Gasteiger charge is 2.61. The highest BCUT2D eigenvalue weighted by atomic mass is 79.9. The van der Waals surface area contributed by atoms with Crippen molar-refractivity contribution in [2.75, 3.05) is 0 Å². The number of ketones is 1. The molecule has 0 spiro atoms. The maximum Gasteiger partial charge on any atom is 0.407 e. The second kappa shape index (κ2) is 4.84. The number of carbonyl (C=O) groups excluding carboxylic acids is 1. The molecule has 9 heteroatoms.